The summed E-state index contributed by atoms with van der Waals surface area (Å²) in [7, 11) is 0. The first kappa shape index (κ1) is 25.0. The summed E-state index contributed by atoms with van der Waals surface area (Å²) >= 11 is 0. The van der Waals surface area contributed by atoms with E-state index < -0.39 is 6.04 Å². The zero-order chi connectivity index (χ0) is 24.2. The summed E-state index contributed by atoms with van der Waals surface area (Å²) in [5, 5.41) is 8.83. The molecular weight excluding hydrogens is 418 g/mol. The molecule has 3 atom stereocenters. The fraction of sp³-hybridized carbons (Fsp3) is 0.640. The van der Waals surface area contributed by atoms with E-state index in [1.165, 1.54) is 0 Å². The Morgan fingerprint density at radius 2 is 1.82 bits per heavy atom. The van der Waals surface area contributed by atoms with E-state index in [0.29, 0.717) is 12.1 Å². The molecule has 0 unspecified atom stereocenters. The van der Waals surface area contributed by atoms with Crippen LogP contribution in [-0.4, -0.2) is 78.0 Å². The molecule has 4 amide bonds. The number of carbonyl (C=O) groups is 3. The molecule has 3 rings (SSSR count). The van der Waals surface area contributed by atoms with Crippen molar-refractivity contribution in [3.05, 3.63) is 35.9 Å². The number of nitrogens with zero attached hydrogens (tertiary/aromatic N) is 2. The summed E-state index contributed by atoms with van der Waals surface area (Å²) in [4.78, 5) is 42.4. The molecule has 0 radical (unpaired) electrons. The van der Waals surface area contributed by atoms with Gasteiger partial charge in [0.1, 0.15) is 6.04 Å². The van der Waals surface area contributed by atoms with Gasteiger partial charge >= 0.3 is 6.03 Å². The van der Waals surface area contributed by atoms with E-state index in [4.69, 9.17) is 0 Å². The number of urea groups is 1. The Morgan fingerprint density at radius 3 is 2.45 bits per heavy atom. The molecule has 2 aliphatic rings. The predicted octanol–water partition coefficient (Wildman–Crippen LogP) is 2.21. The third kappa shape index (κ3) is 6.93. The second-order valence-corrected chi connectivity index (χ2v) is 10.7. The first-order chi connectivity index (χ1) is 15.5. The predicted molar refractivity (Wildman–Crippen MR) is 129 cm³/mol. The van der Waals surface area contributed by atoms with Gasteiger partial charge in [0.25, 0.3) is 5.91 Å². The van der Waals surface area contributed by atoms with E-state index in [9.17, 15) is 14.4 Å². The molecule has 0 aromatic heterocycles. The van der Waals surface area contributed by atoms with Crippen molar-refractivity contribution in [1.82, 2.24) is 25.8 Å². The molecule has 33 heavy (non-hydrogen) atoms. The van der Waals surface area contributed by atoms with Gasteiger partial charge in [0, 0.05) is 37.3 Å². The first-order valence-electron chi connectivity index (χ1n) is 12.0. The van der Waals surface area contributed by atoms with Gasteiger partial charge in [0.05, 0.1) is 6.04 Å². The van der Waals surface area contributed by atoms with Gasteiger partial charge < -0.3 is 20.9 Å². The van der Waals surface area contributed by atoms with Crippen molar-refractivity contribution in [1.29, 1.82) is 0 Å². The van der Waals surface area contributed by atoms with Gasteiger partial charge in [0.2, 0.25) is 5.91 Å². The molecule has 182 valence electrons. The summed E-state index contributed by atoms with van der Waals surface area (Å²) in [6.07, 6.45) is 1.70. The zero-order valence-electron chi connectivity index (χ0n) is 20.6. The van der Waals surface area contributed by atoms with Crippen molar-refractivity contribution in [2.45, 2.75) is 71.6 Å². The van der Waals surface area contributed by atoms with Crippen LogP contribution in [0.5, 0.6) is 0 Å². The van der Waals surface area contributed by atoms with Gasteiger partial charge in [0.15, 0.2) is 0 Å². The molecule has 8 heteroatoms. The van der Waals surface area contributed by atoms with Gasteiger partial charge in [-0.2, -0.15) is 0 Å². The van der Waals surface area contributed by atoms with Crippen LogP contribution in [0.1, 0.15) is 57.8 Å². The first-order valence-corrected chi connectivity index (χ1v) is 12.0. The molecule has 3 N–H and O–H groups in total. The molecule has 0 saturated carbocycles. The van der Waals surface area contributed by atoms with Crippen LogP contribution < -0.4 is 16.0 Å². The molecule has 0 spiro atoms. The third-order valence-corrected chi connectivity index (χ3v) is 6.26. The standard InChI is InChI=1S/C25H39N5O3/c1-17(2)27-24(33)28-19-13-20-16-29(12-11-25(3,4)5)21(23(32)30(20)15-19)14-26-22(31)18-9-7-6-8-10-18/h6-10,17,19-21H,11-16H2,1-5H3,(H,26,31)(H2,27,28,33)/t19-,20-,21-/m0/s1. The maximum atomic E-state index is 13.5. The van der Waals surface area contributed by atoms with Crippen molar-refractivity contribution in [2.75, 3.05) is 26.2 Å². The van der Waals surface area contributed by atoms with Crippen LogP contribution in [0.3, 0.4) is 0 Å². The quantitative estimate of drug-likeness (QED) is 0.585. The lowest BCUT2D eigenvalue weighted by Gasteiger charge is -2.43. The van der Waals surface area contributed by atoms with Gasteiger partial charge in [-0.05, 0) is 50.8 Å². The lowest BCUT2D eigenvalue weighted by atomic mass is 9.91. The normalized spacial score (nSPS) is 23.4. The highest BCUT2D eigenvalue weighted by Crippen LogP contribution is 2.28. The van der Waals surface area contributed by atoms with E-state index in [-0.39, 0.29) is 47.9 Å². The average Bonchev–Trinajstić information content (AvgIpc) is 3.13. The van der Waals surface area contributed by atoms with Crippen LogP contribution in [0.15, 0.2) is 30.3 Å². The number of piperazine rings is 1. The molecule has 1 aromatic carbocycles. The SMILES string of the molecule is CC(C)NC(=O)N[C@H]1C[C@H]2CN(CCC(C)(C)C)[C@@H](CNC(=O)c3ccccc3)C(=O)N2C1. The smallest absolute Gasteiger partial charge is 0.315 e. The number of nitrogens with one attached hydrogen (secondary N) is 3. The molecular formula is C25H39N5O3. The number of fused-ring (bicyclic) bond motifs is 1. The number of benzene rings is 1. The minimum absolute atomic E-state index is 0.0297. The Bertz CT molecular complexity index is 836. The van der Waals surface area contributed by atoms with Crippen molar-refractivity contribution < 1.29 is 14.4 Å². The molecule has 0 aliphatic carbocycles. The Kier molecular flexibility index (Phi) is 8.00. The van der Waals surface area contributed by atoms with Gasteiger partial charge in [-0.1, -0.05) is 39.0 Å². The zero-order valence-corrected chi connectivity index (χ0v) is 20.6. The Balaban J connectivity index is 1.68. The number of hydrogen-bond donors (Lipinski definition) is 3. The van der Waals surface area contributed by atoms with Crippen molar-refractivity contribution in [3.63, 3.8) is 0 Å². The highest BCUT2D eigenvalue weighted by atomic mass is 16.2. The van der Waals surface area contributed by atoms with E-state index in [2.05, 4.69) is 41.6 Å². The second kappa shape index (κ2) is 10.5. The monoisotopic (exact) mass is 457 g/mol. The largest absolute Gasteiger partial charge is 0.350 e. The maximum Gasteiger partial charge on any atom is 0.315 e. The fourth-order valence-electron chi connectivity index (χ4n) is 4.52. The minimum atomic E-state index is -0.403. The summed E-state index contributed by atoms with van der Waals surface area (Å²) in [5.74, 6) is -0.144. The van der Waals surface area contributed by atoms with Gasteiger partial charge in [-0.25, -0.2) is 4.79 Å². The molecule has 2 fully saturated rings. The highest BCUT2D eigenvalue weighted by Gasteiger charge is 2.45. The lowest BCUT2D eigenvalue weighted by molar-refractivity contribution is -0.143. The molecule has 1 aromatic rings. The fourth-order valence-corrected chi connectivity index (χ4v) is 4.52. The molecule has 0 bridgehead atoms. The summed E-state index contributed by atoms with van der Waals surface area (Å²) in [5.41, 5.74) is 0.730. The Morgan fingerprint density at radius 1 is 1.12 bits per heavy atom. The molecule has 2 heterocycles. The maximum absolute atomic E-state index is 13.5. The Labute approximate surface area is 197 Å². The summed E-state index contributed by atoms with van der Waals surface area (Å²) in [6.45, 7) is 12.7. The lowest BCUT2D eigenvalue weighted by Crippen LogP contribution is -2.62. The van der Waals surface area contributed by atoms with Crippen LogP contribution in [0.2, 0.25) is 0 Å². The minimum Gasteiger partial charge on any atom is -0.350 e. The highest BCUT2D eigenvalue weighted by molar-refractivity contribution is 5.94. The molecule has 2 aliphatic heterocycles. The van der Waals surface area contributed by atoms with E-state index >= 15 is 0 Å². The van der Waals surface area contributed by atoms with E-state index in [0.717, 1.165) is 25.9 Å². The summed E-state index contributed by atoms with van der Waals surface area (Å²) < 4.78 is 0. The van der Waals surface area contributed by atoms with Gasteiger partial charge in [-0.3, -0.25) is 14.5 Å². The average molecular weight is 458 g/mol. The Hall–Kier alpha value is -2.61. The number of rotatable bonds is 7. The number of carbonyl (C=O) groups excluding carboxylic acids is 3. The molecule has 8 nitrogen and oxygen atoms in total. The van der Waals surface area contributed by atoms with Crippen LogP contribution in [-0.2, 0) is 4.79 Å². The van der Waals surface area contributed by atoms with Crippen LogP contribution in [0, 0.1) is 5.41 Å². The number of hydrogen-bond acceptors (Lipinski definition) is 4. The van der Waals surface area contributed by atoms with Crippen LogP contribution in [0.25, 0.3) is 0 Å². The second-order valence-electron chi connectivity index (χ2n) is 10.7. The molecule has 2 saturated heterocycles. The third-order valence-electron chi connectivity index (χ3n) is 6.26. The van der Waals surface area contributed by atoms with E-state index in [1.807, 2.05) is 36.9 Å². The number of amides is 4. The van der Waals surface area contributed by atoms with Crippen molar-refractivity contribution in [3.8, 4) is 0 Å². The topological polar surface area (TPSA) is 93.8 Å². The van der Waals surface area contributed by atoms with Gasteiger partial charge in [-0.15, -0.1) is 0 Å². The van der Waals surface area contributed by atoms with E-state index in [1.54, 1.807) is 12.1 Å². The van der Waals surface area contributed by atoms with Crippen LogP contribution in [0.4, 0.5) is 4.79 Å². The summed E-state index contributed by atoms with van der Waals surface area (Å²) in [6, 6.07) is 8.52. The van der Waals surface area contributed by atoms with Crippen molar-refractivity contribution >= 4 is 17.8 Å². The van der Waals surface area contributed by atoms with Crippen molar-refractivity contribution in [2.24, 2.45) is 5.41 Å². The van der Waals surface area contributed by atoms with Crippen LogP contribution >= 0.6 is 0 Å².